The van der Waals surface area contributed by atoms with Crippen LogP contribution in [0.2, 0.25) is 0 Å². The van der Waals surface area contributed by atoms with Gasteiger partial charge in [-0.25, -0.2) is 0 Å². The Bertz CT molecular complexity index is 106. The number of quaternary nitrogens is 1. The van der Waals surface area contributed by atoms with Crippen LogP contribution in [0.5, 0.6) is 0 Å². The van der Waals surface area contributed by atoms with Gasteiger partial charge in [-0.3, -0.25) is 11.5 Å². The first-order valence-corrected chi connectivity index (χ1v) is 2.55. The minimum absolute atomic E-state index is 0.150. The molecule has 0 radical (unpaired) electrons. The third kappa shape index (κ3) is 0.385. The van der Waals surface area contributed by atoms with E-state index in [9.17, 15) is 5.21 Å². The molecule has 0 saturated carbocycles. The standard InChI is InChI=1S/C4H11N3O/c1-3-4(5,6)7(3,2)8/h3H,5-6H2,1-2H3. The van der Waals surface area contributed by atoms with Gasteiger partial charge in [0.15, 0.2) is 6.04 Å². The first kappa shape index (κ1) is 5.97. The van der Waals surface area contributed by atoms with E-state index in [-0.39, 0.29) is 6.04 Å². The van der Waals surface area contributed by atoms with Crippen LogP contribution < -0.4 is 11.5 Å². The molecule has 0 spiro atoms. The SMILES string of the molecule is CC1C(N)(N)[N+]1(C)[O-]. The molecule has 4 heteroatoms. The number of nitrogens with two attached hydrogens (primary N) is 2. The molecule has 4 N–H and O–H groups in total. The van der Waals surface area contributed by atoms with Crippen LogP contribution in [0, 0.1) is 5.21 Å². The van der Waals surface area contributed by atoms with E-state index in [1.54, 1.807) is 6.92 Å². The van der Waals surface area contributed by atoms with Gasteiger partial charge in [-0.15, -0.1) is 0 Å². The zero-order chi connectivity index (χ0) is 6.58. The van der Waals surface area contributed by atoms with Gasteiger partial charge in [0, 0.05) is 0 Å². The normalized spacial score (nSPS) is 51.4. The summed E-state index contributed by atoms with van der Waals surface area (Å²) in [6.07, 6.45) is 0. The molecule has 2 atom stereocenters. The maximum Gasteiger partial charge on any atom is 0.259 e. The van der Waals surface area contributed by atoms with Crippen molar-refractivity contribution < 1.29 is 4.65 Å². The van der Waals surface area contributed by atoms with Gasteiger partial charge in [0.05, 0.1) is 7.05 Å². The van der Waals surface area contributed by atoms with Crippen molar-refractivity contribution in [2.24, 2.45) is 11.5 Å². The molecule has 4 nitrogen and oxygen atoms in total. The molecule has 0 aromatic rings. The van der Waals surface area contributed by atoms with E-state index in [0.29, 0.717) is 0 Å². The summed E-state index contributed by atoms with van der Waals surface area (Å²) < 4.78 is -0.507. The van der Waals surface area contributed by atoms with Crippen LogP contribution in [0.4, 0.5) is 0 Å². The summed E-state index contributed by atoms with van der Waals surface area (Å²) in [5, 5.41) is 10.9. The number of hydroxylamine groups is 3. The van der Waals surface area contributed by atoms with Crippen LogP contribution >= 0.6 is 0 Å². The van der Waals surface area contributed by atoms with Gasteiger partial charge in [-0.2, -0.15) is 0 Å². The highest BCUT2D eigenvalue weighted by atomic mass is 16.6. The van der Waals surface area contributed by atoms with Crippen molar-refractivity contribution in [1.82, 2.24) is 0 Å². The quantitative estimate of drug-likeness (QED) is 0.183. The minimum Gasteiger partial charge on any atom is -0.630 e. The lowest BCUT2D eigenvalue weighted by Gasteiger charge is -2.18. The van der Waals surface area contributed by atoms with Gasteiger partial charge >= 0.3 is 0 Å². The molecule has 0 aromatic carbocycles. The molecule has 8 heavy (non-hydrogen) atoms. The summed E-state index contributed by atoms with van der Waals surface area (Å²) in [5.74, 6) is -1.01. The predicted molar refractivity (Wildman–Crippen MR) is 30.1 cm³/mol. The van der Waals surface area contributed by atoms with Crippen LogP contribution in [-0.2, 0) is 0 Å². The molecule has 1 aliphatic heterocycles. The van der Waals surface area contributed by atoms with E-state index in [0.717, 1.165) is 0 Å². The molecule has 1 heterocycles. The summed E-state index contributed by atoms with van der Waals surface area (Å²) in [6, 6.07) is -0.150. The topological polar surface area (TPSA) is 75.1 Å². The molecule has 1 rings (SSSR count). The van der Waals surface area contributed by atoms with Gasteiger partial charge in [0.2, 0.25) is 0 Å². The predicted octanol–water partition coefficient (Wildman–Crippen LogP) is -1.10. The fourth-order valence-electron chi connectivity index (χ4n) is 0.771. The Morgan fingerprint density at radius 3 is 1.75 bits per heavy atom. The Balaban J connectivity index is 2.72. The summed E-state index contributed by atoms with van der Waals surface area (Å²) in [7, 11) is 1.48. The molecule has 48 valence electrons. The Labute approximate surface area is 48.2 Å². The van der Waals surface area contributed by atoms with E-state index in [1.165, 1.54) is 7.05 Å². The lowest BCUT2D eigenvalue weighted by atomic mass is 10.4. The maximum atomic E-state index is 10.9. The first-order chi connectivity index (χ1) is 3.40. The molecule has 1 aliphatic rings. The van der Waals surface area contributed by atoms with Gasteiger partial charge in [0.25, 0.3) is 5.79 Å². The number of nitrogens with zero attached hydrogens (tertiary/aromatic N) is 1. The third-order valence-corrected chi connectivity index (χ3v) is 2.11. The Morgan fingerprint density at radius 2 is 1.75 bits per heavy atom. The van der Waals surface area contributed by atoms with E-state index in [2.05, 4.69) is 0 Å². The monoisotopic (exact) mass is 117 g/mol. The molecule has 2 unspecified atom stereocenters. The zero-order valence-corrected chi connectivity index (χ0v) is 5.09. The largest absolute Gasteiger partial charge is 0.630 e. The average Bonchev–Trinajstić information content (AvgIpc) is 1.88. The van der Waals surface area contributed by atoms with E-state index in [1.807, 2.05) is 0 Å². The highest BCUT2D eigenvalue weighted by molar-refractivity contribution is 4.90. The summed E-state index contributed by atoms with van der Waals surface area (Å²) in [4.78, 5) is 0. The van der Waals surface area contributed by atoms with Crippen LogP contribution in [0.3, 0.4) is 0 Å². The number of hydrogen-bond acceptors (Lipinski definition) is 3. The number of likely N-dealkylation sites (N-methyl/N-ethyl adjacent to an activating group) is 1. The maximum absolute atomic E-state index is 10.9. The number of hydrogen-bond donors (Lipinski definition) is 2. The second-order valence-electron chi connectivity index (χ2n) is 2.55. The van der Waals surface area contributed by atoms with Crippen molar-refractivity contribution >= 4 is 0 Å². The van der Waals surface area contributed by atoms with Gasteiger partial charge in [0.1, 0.15) is 0 Å². The van der Waals surface area contributed by atoms with Crippen molar-refractivity contribution in [2.75, 3.05) is 7.05 Å². The second kappa shape index (κ2) is 1.06. The van der Waals surface area contributed by atoms with Gasteiger partial charge in [-0.1, -0.05) is 0 Å². The summed E-state index contributed by atoms with van der Waals surface area (Å²) in [6.45, 7) is 1.74. The fourth-order valence-corrected chi connectivity index (χ4v) is 0.771. The smallest absolute Gasteiger partial charge is 0.259 e. The molecule has 0 amide bonds. The first-order valence-electron chi connectivity index (χ1n) is 2.55. The van der Waals surface area contributed by atoms with Crippen molar-refractivity contribution in [2.45, 2.75) is 18.8 Å². The van der Waals surface area contributed by atoms with E-state index < -0.39 is 10.4 Å². The molecule has 1 fully saturated rings. The zero-order valence-electron chi connectivity index (χ0n) is 5.09. The van der Waals surface area contributed by atoms with Crippen molar-refractivity contribution in [1.29, 1.82) is 0 Å². The van der Waals surface area contributed by atoms with Crippen molar-refractivity contribution in [3.63, 3.8) is 0 Å². The van der Waals surface area contributed by atoms with Gasteiger partial charge < -0.3 is 9.85 Å². The molecule has 0 aromatic heterocycles. The molecule has 1 saturated heterocycles. The third-order valence-electron chi connectivity index (χ3n) is 2.11. The molecular formula is C4H11N3O. The molecule has 0 bridgehead atoms. The summed E-state index contributed by atoms with van der Waals surface area (Å²) >= 11 is 0. The van der Waals surface area contributed by atoms with Crippen molar-refractivity contribution in [3.05, 3.63) is 5.21 Å². The highest BCUT2D eigenvalue weighted by Gasteiger charge is 2.65. The van der Waals surface area contributed by atoms with Crippen LogP contribution in [0.1, 0.15) is 6.92 Å². The number of rotatable bonds is 0. The van der Waals surface area contributed by atoms with Crippen LogP contribution in [0.15, 0.2) is 0 Å². The van der Waals surface area contributed by atoms with Crippen LogP contribution in [0.25, 0.3) is 0 Å². The Morgan fingerprint density at radius 1 is 1.62 bits per heavy atom. The highest BCUT2D eigenvalue weighted by Crippen LogP contribution is 2.37. The lowest BCUT2D eigenvalue weighted by molar-refractivity contribution is -0.765. The van der Waals surface area contributed by atoms with Crippen LogP contribution in [-0.4, -0.2) is 23.5 Å². The fraction of sp³-hybridized carbons (Fsp3) is 1.00. The average molecular weight is 117 g/mol. The van der Waals surface area contributed by atoms with Crippen molar-refractivity contribution in [3.8, 4) is 0 Å². The lowest BCUT2D eigenvalue weighted by Crippen LogP contribution is -2.44. The molecular weight excluding hydrogens is 106 g/mol. The molecule has 0 aliphatic carbocycles. The minimum atomic E-state index is -1.01. The Kier molecular flexibility index (Phi) is 0.790. The van der Waals surface area contributed by atoms with E-state index >= 15 is 0 Å². The Hall–Kier alpha value is -0.160. The summed E-state index contributed by atoms with van der Waals surface area (Å²) in [5.41, 5.74) is 10.6. The second-order valence-corrected chi connectivity index (χ2v) is 2.55. The van der Waals surface area contributed by atoms with E-state index in [4.69, 9.17) is 11.5 Å². The van der Waals surface area contributed by atoms with Gasteiger partial charge in [-0.05, 0) is 6.92 Å².